The van der Waals surface area contributed by atoms with Gasteiger partial charge in [0.15, 0.2) is 0 Å². The van der Waals surface area contributed by atoms with E-state index in [0.717, 1.165) is 45.5 Å². The number of esters is 2. The van der Waals surface area contributed by atoms with Gasteiger partial charge in [-0.3, -0.25) is 9.78 Å². The Morgan fingerprint density at radius 3 is 2.08 bits per heavy atom. The predicted molar refractivity (Wildman–Crippen MR) is 151 cm³/mol. The lowest BCUT2D eigenvalue weighted by atomic mass is 9.90. The number of nitrogens with zero attached hydrogens (tertiary/aromatic N) is 1. The van der Waals surface area contributed by atoms with E-state index in [1.165, 1.54) is 7.11 Å². The van der Waals surface area contributed by atoms with Crippen molar-refractivity contribution in [3.8, 4) is 11.1 Å². The molecule has 0 radical (unpaired) electrons. The lowest BCUT2D eigenvalue weighted by Gasteiger charge is -2.20. The molecule has 3 aromatic rings. The molecule has 0 aliphatic heterocycles. The molecule has 2 aromatic carbocycles. The number of pyridine rings is 1. The number of methoxy groups -OCH3 is 1. The number of aromatic nitrogens is 1. The van der Waals surface area contributed by atoms with E-state index >= 15 is 0 Å². The molecule has 1 aromatic heterocycles. The predicted octanol–water partition coefficient (Wildman–Crippen LogP) is 5.94. The lowest BCUT2D eigenvalue weighted by molar-refractivity contribution is -0.139. The fourth-order valence-electron chi connectivity index (χ4n) is 4.08. The smallest absolute Gasteiger partial charge is 0.340 e. The van der Waals surface area contributed by atoms with Gasteiger partial charge >= 0.3 is 11.9 Å². The summed E-state index contributed by atoms with van der Waals surface area (Å²) in [5.74, 6) is -0.333. The Balaban J connectivity index is 0.00000342. The maximum atomic E-state index is 13.4. The summed E-state index contributed by atoms with van der Waals surface area (Å²) in [6.07, 6.45) is 0.978. The average molecular weight is 548 g/mol. The van der Waals surface area contributed by atoms with E-state index < -0.39 is 5.97 Å². The van der Waals surface area contributed by atoms with Gasteiger partial charge in [-0.05, 0) is 48.4 Å². The van der Waals surface area contributed by atoms with Crippen molar-refractivity contribution in [1.29, 1.82) is 0 Å². The van der Waals surface area contributed by atoms with Crippen molar-refractivity contribution in [3.63, 3.8) is 0 Å². The molecule has 0 aliphatic rings. The van der Waals surface area contributed by atoms with E-state index in [-0.39, 0.29) is 50.4 Å². The van der Waals surface area contributed by atoms with Crippen molar-refractivity contribution in [3.05, 3.63) is 87.7 Å². The van der Waals surface area contributed by atoms with Crippen LogP contribution in [0.2, 0.25) is 0 Å². The van der Waals surface area contributed by atoms with Crippen LogP contribution in [-0.4, -0.2) is 24.0 Å². The second kappa shape index (κ2) is 14.7. The van der Waals surface area contributed by atoms with Crippen LogP contribution in [0, 0.1) is 19.8 Å². The van der Waals surface area contributed by atoms with Gasteiger partial charge < -0.3 is 15.2 Å². The largest absolute Gasteiger partial charge is 0.469 e. The number of halogens is 2. The molecule has 0 saturated heterocycles. The number of carbonyl (C=O) groups excluding carboxylic acids is 2. The Hall–Kier alpha value is -2.93. The fraction of sp³-hybridized carbons (Fsp3) is 0.345. The Morgan fingerprint density at radius 2 is 1.54 bits per heavy atom. The zero-order valence-corrected chi connectivity index (χ0v) is 23.6. The highest BCUT2D eigenvalue weighted by atomic mass is 35.5. The third-order valence-electron chi connectivity index (χ3n) is 5.88. The second-order valence-electron chi connectivity index (χ2n) is 9.19. The molecule has 8 heteroatoms. The van der Waals surface area contributed by atoms with Crippen LogP contribution < -0.4 is 5.73 Å². The highest BCUT2D eigenvalue weighted by molar-refractivity contribution is 5.99. The molecule has 37 heavy (non-hydrogen) atoms. The number of ether oxygens (including phenoxy) is 2. The molecular formula is C29H36Cl2N2O4. The first kappa shape index (κ1) is 32.1. The van der Waals surface area contributed by atoms with Crippen LogP contribution >= 0.6 is 24.8 Å². The molecule has 0 aliphatic carbocycles. The number of nitrogens with two attached hydrogens (primary N) is 1. The standard InChI is InChI=1S/C29H34N2O4.2ClH/c1-18(2)14-25-24(16-30)28(23-12-6-19(3)7-13-23)27(20(4)31-25)29(33)35-17-22-10-8-21(9-11-22)15-26(32)34-5;;/h6-13,18H,14-17,30H2,1-5H3;2*1H. The van der Waals surface area contributed by atoms with Crippen molar-refractivity contribution in [2.45, 2.75) is 53.7 Å². The molecule has 0 atom stereocenters. The molecule has 6 nitrogen and oxygen atoms in total. The summed E-state index contributed by atoms with van der Waals surface area (Å²) in [6, 6.07) is 15.4. The summed E-state index contributed by atoms with van der Waals surface area (Å²) in [5.41, 5.74) is 13.6. The van der Waals surface area contributed by atoms with E-state index in [1.807, 2.05) is 62.4 Å². The topological polar surface area (TPSA) is 91.5 Å². The van der Waals surface area contributed by atoms with Crippen LogP contribution in [0.3, 0.4) is 0 Å². The van der Waals surface area contributed by atoms with E-state index in [2.05, 4.69) is 13.8 Å². The van der Waals surface area contributed by atoms with E-state index in [9.17, 15) is 9.59 Å². The minimum atomic E-state index is -0.435. The zero-order valence-electron chi connectivity index (χ0n) is 22.0. The van der Waals surface area contributed by atoms with Gasteiger partial charge in [0, 0.05) is 17.8 Å². The van der Waals surface area contributed by atoms with Gasteiger partial charge in [0.1, 0.15) is 6.61 Å². The van der Waals surface area contributed by atoms with Crippen LogP contribution in [0.25, 0.3) is 11.1 Å². The Bertz CT molecular complexity index is 1190. The lowest BCUT2D eigenvalue weighted by Crippen LogP contribution is -2.17. The van der Waals surface area contributed by atoms with E-state index in [1.54, 1.807) is 0 Å². The minimum absolute atomic E-state index is 0. The van der Waals surface area contributed by atoms with E-state index in [4.69, 9.17) is 20.2 Å². The van der Waals surface area contributed by atoms with Gasteiger partial charge in [-0.2, -0.15) is 0 Å². The Labute approximate surface area is 231 Å². The van der Waals surface area contributed by atoms with Crippen molar-refractivity contribution in [2.75, 3.05) is 7.11 Å². The molecular weight excluding hydrogens is 511 g/mol. The van der Waals surface area contributed by atoms with Gasteiger partial charge in [-0.15, -0.1) is 24.8 Å². The Kier molecular flexibility index (Phi) is 12.8. The van der Waals surface area contributed by atoms with Crippen LogP contribution in [-0.2, 0) is 40.3 Å². The molecule has 0 amide bonds. The second-order valence-corrected chi connectivity index (χ2v) is 9.19. The van der Waals surface area contributed by atoms with Crippen molar-refractivity contribution >= 4 is 36.8 Å². The van der Waals surface area contributed by atoms with Gasteiger partial charge in [0.25, 0.3) is 0 Å². The molecule has 2 N–H and O–H groups in total. The molecule has 3 rings (SSSR count). The summed E-state index contributed by atoms with van der Waals surface area (Å²) in [4.78, 5) is 29.6. The van der Waals surface area contributed by atoms with E-state index in [0.29, 0.717) is 17.2 Å². The van der Waals surface area contributed by atoms with Crippen molar-refractivity contribution in [2.24, 2.45) is 11.7 Å². The van der Waals surface area contributed by atoms with Gasteiger partial charge in [0.2, 0.25) is 0 Å². The number of benzene rings is 2. The monoisotopic (exact) mass is 546 g/mol. The summed E-state index contributed by atoms with van der Waals surface area (Å²) in [7, 11) is 1.36. The number of carbonyl (C=O) groups is 2. The minimum Gasteiger partial charge on any atom is -0.469 e. The van der Waals surface area contributed by atoms with Gasteiger partial charge in [-0.1, -0.05) is 67.9 Å². The average Bonchev–Trinajstić information content (AvgIpc) is 2.83. The van der Waals surface area contributed by atoms with Gasteiger partial charge in [0.05, 0.1) is 24.8 Å². The first-order valence-electron chi connectivity index (χ1n) is 11.8. The maximum absolute atomic E-state index is 13.4. The number of aryl methyl sites for hydroxylation is 2. The molecule has 0 fully saturated rings. The first-order valence-corrected chi connectivity index (χ1v) is 11.8. The third kappa shape index (κ3) is 8.29. The molecule has 0 unspecified atom stereocenters. The quantitative estimate of drug-likeness (QED) is 0.334. The molecule has 0 bridgehead atoms. The summed E-state index contributed by atoms with van der Waals surface area (Å²) >= 11 is 0. The van der Waals surface area contributed by atoms with Crippen LogP contribution in [0.5, 0.6) is 0 Å². The van der Waals surface area contributed by atoms with Gasteiger partial charge in [-0.25, -0.2) is 4.79 Å². The third-order valence-corrected chi connectivity index (χ3v) is 5.88. The van der Waals surface area contributed by atoms with Crippen LogP contribution in [0.4, 0.5) is 0 Å². The molecule has 0 spiro atoms. The first-order chi connectivity index (χ1) is 16.7. The van der Waals surface area contributed by atoms with Crippen molar-refractivity contribution in [1.82, 2.24) is 4.98 Å². The molecule has 1 heterocycles. The van der Waals surface area contributed by atoms with Crippen molar-refractivity contribution < 1.29 is 19.1 Å². The number of hydrogen-bond acceptors (Lipinski definition) is 6. The molecule has 200 valence electrons. The van der Waals surface area contributed by atoms with Crippen LogP contribution in [0.1, 0.15) is 57.8 Å². The highest BCUT2D eigenvalue weighted by Crippen LogP contribution is 2.33. The molecule has 0 saturated carbocycles. The summed E-state index contributed by atoms with van der Waals surface area (Å²) < 4.78 is 10.4. The SMILES string of the molecule is COC(=O)Cc1ccc(COC(=O)c2c(C)nc(CC(C)C)c(CN)c2-c2ccc(C)cc2)cc1.Cl.Cl. The summed E-state index contributed by atoms with van der Waals surface area (Å²) in [5, 5.41) is 0. The normalized spacial score (nSPS) is 10.4. The number of hydrogen-bond donors (Lipinski definition) is 1. The zero-order chi connectivity index (χ0) is 25.5. The van der Waals surface area contributed by atoms with Crippen LogP contribution in [0.15, 0.2) is 48.5 Å². The Morgan fingerprint density at radius 1 is 0.946 bits per heavy atom. The fourth-order valence-corrected chi connectivity index (χ4v) is 4.08. The highest BCUT2D eigenvalue weighted by Gasteiger charge is 2.24. The maximum Gasteiger partial charge on any atom is 0.340 e. The number of rotatable bonds is 9. The summed E-state index contributed by atoms with van der Waals surface area (Å²) in [6.45, 7) is 8.54.